The fourth-order valence-corrected chi connectivity index (χ4v) is 4.46. The fourth-order valence-electron chi connectivity index (χ4n) is 4.19. The predicted octanol–water partition coefficient (Wildman–Crippen LogP) is 4.67. The first-order chi connectivity index (χ1) is 14.8. The van der Waals surface area contributed by atoms with Gasteiger partial charge in [-0.2, -0.15) is 13.2 Å². The van der Waals surface area contributed by atoms with E-state index in [4.69, 9.17) is 16.0 Å². The third-order valence-corrected chi connectivity index (χ3v) is 6.41. The van der Waals surface area contributed by atoms with E-state index < -0.39 is 34.6 Å². The van der Waals surface area contributed by atoms with E-state index in [1.165, 1.54) is 0 Å². The molecule has 0 spiro atoms. The molecule has 2 unspecified atom stereocenters. The summed E-state index contributed by atoms with van der Waals surface area (Å²) < 4.78 is 44.8. The zero-order valence-electron chi connectivity index (χ0n) is 17.0. The summed E-state index contributed by atoms with van der Waals surface area (Å²) >= 11 is 6.06. The van der Waals surface area contributed by atoms with Gasteiger partial charge < -0.3 is 19.7 Å². The first-order valence-corrected chi connectivity index (χ1v) is 10.0. The minimum atomic E-state index is -4.60. The number of hydrogen-bond acceptors (Lipinski definition) is 6. The van der Waals surface area contributed by atoms with Crippen molar-refractivity contribution in [3.05, 3.63) is 56.7 Å². The van der Waals surface area contributed by atoms with Crippen molar-refractivity contribution < 1.29 is 32.9 Å². The molecule has 32 heavy (non-hydrogen) atoms. The van der Waals surface area contributed by atoms with Gasteiger partial charge in [-0.15, -0.1) is 0 Å². The second-order valence-electron chi connectivity index (χ2n) is 8.06. The van der Waals surface area contributed by atoms with Gasteiger partial charge in [0.25, 0.3) is 0 Å². The number of fused-ring (bicyclic) bond motifs is 1. The Morgan fingerprint density at radius 1 is 1.19 bits per heavy atom. The highest BCUT2D eigenvalue weighted by atomic mass is 35.5. The molecular formula is C22H19ClF3NO5. The molecular weight excluding hydrogens is 451 g/mol. The van der Waals surface area contributed by atoms with Crippen molar-refractivity contribution in [3.8, 4) is 22.8 Å². The number of rotatable bonds is 2. The molecule has 3 N–H and O–H groups in total. The van der Waals surface area contributed by atoms with Gasteiger partial charge in [0, 0.05) is 35.7 Å². The number of hydrogen-bond donors (Lipinski definition) is 3. The standard InChI is InChI=1S/C22H19ClF3NO5/c1-21(31)12(5-6-27(21)2)18-14(28)8-15(29)19-16(30)9-17(32-20(18)19)11-4-3-10(7-13(11)23)22(24,25)26/h3-4,7-9,12,28-29,31H,5-6H2,1-2H3. The Bertz CT molecular complexity index is 1290. The van der Waals surface area contributed by atoms with Gasteiger partial charge in [-0.05, 0) is 38.6 Å². The highest BCUT2D eigenvalue weighted by Crippen LogP contribution is 2.47. The minimum Gasteiger partial charge on any atom is -0.507 e. The Hall–Kier alpha value is -2.75. The SMILES string of the molecule is CN1CCC(c2c(O)cc(O)c3c(=O)cc(-c4ccc(C(F)(F)F)cc4Cl)oc23)C1(C)O. The summed E-state index contributed by atoms with van der Waals surface area (Å²) in [5.41, 5.74) is -3.04. The molecule has 1 aromatic heterocycles. The lowest BCUT2D eigenvalue weighted by Crippen LogP contribution is -2.41. The van der Waals surface area contributed by atoms with Crippen LogP contribution in [0.3, 0.4) is 0 Å². The van der Waals surface area contributed by atoms with Crippen molar-refractivity contribution in [2.75, 3.05) is 13.6 Å². The maximum absolute atomic E-state index is 13.0. The van der Waals surface area contributed by atoms with Gasteiger partial charge in [0.1, 0.15) is 34.0 Å². The van der Waals surface area contributed by atoms with E-state index in [9.17, 15) is 33.3 Å². The van der Waals surface area contributed by atoms with E-state index in [2.05, 4.69) is 0 Å². The largest absolute Gasteiger partial charge is 0.507 e. The van der Waals surface area contributed by atoms with Crippen LogP contribution in [-0.4, -0.2) is 39.5 Å². The number of phenols is 2. The highest BCUT2D eigenvalue weighted by Gasteiger charge is 2.45. The molecule has 1 fully saturated rings. The van der Waals surface area contributed by atoms with E-state index >= 15 is 0 Å². The van der Waals surface area contributed by atoms with Crippen LogP contribution in [0.1, 0.15) is 30.4 Å². The molecule has 3 aromatic rings. The lowest BCUT2D eigenvalue weighted by Gasteiger charge is -2.32. The highest BCUT2D eigenvalue weighted by molar-refractivity contribution is 6.33. The summed E-state index contributed by atoms with van der Waals surface area (Å²) in [5.74, 6) is -1.71. The first-order valence-electron chi connectivity index (χ1n) is 9.65. The lowest BCUT2D eigenvalue weighted by molar-refractivity contribution is -0.137. The Morgan fingerprint density at radius 2 is 1.88 bits per heavy atom. The van der Waals surface area contributed by atoms with Crippen molar-refractivity contribution in [1.29, 1.82) is 0 Å². The van der Waals surface area contributed by atoms with Crippen LogP contribution in [0.15, 0.2) is 39.5 Å². The van der Waals surface area contributed by atoms with Crippen LogP contribution < -0.4 is 5.43 Å². The van der Waals surface area contributed by atoms with Crippen LogP contribution in [0, 0.1) is 0 Å². The van der Waals surface area contributed by atoms with Crippen molar-refractivity contribution in [1.82, 2.24) is 4.90 Å². The number of phenolic OH excluding ortho intramolecular Hbond substituents is 2. The molecule has 10 heteroatoms. The monoisotopic (exact) mass is 469 g/mol. The summed E-state index contributed by atoms with van der Waals surface area (Å²) in [6, 6.07) is 4.63. The molecule has 2 aromatic carbocycles. The van der Waals surface area contributed by atoms with Gasteiger partial charge in [-0.1, -0.05) is 11.6 Å². The second-order valence-corrected chi connectivity index (χ2v) is 8.46. The molecule has 6 nitrogen and oxygen atoms in total. The Labute approximate surface area is 185 Å². The number of halogens is 4. The van der Waals surface area contributed by atoms with Crippen LogP contribution in [0.4, 0.5) is 13.2 Å². The third kappa shape index (κ3) is 3.50. The smallest absolute Gasteiger partial charge is 0.416 e. The number of aliphatic hydroxyl groups is 1. The lowest BCUT2D eigenvalue weighted by atomic mass is 9.87. The quantitative estimate of drug-likeness (QED) is 0.505. The van der Waals surface area contributed by atoms with E-state index in [-0.39, 0.29) is 38.6 Å². The number of nitrogens with zero attached hydrogens (tertiary/aromatic N) is 1. The number of likely N-dealkylation sites (N-methyl/N-ethyl adjacent to an activating group) is 1. The maximum atomic E-state index is 13.0. The second kappa shape index (κ2) is 7.40. The van der Waals surface area contributed by atoms with Crippen LogP contribution in [-0.2, 0) is 6.18 Å². The average molecular weight is 470 g/mol. The topological polar surface area (TPSA) is 94.1 Å². The van der Waals surface area contributed by atoms with Crippen LogP contribution in [0.2, 0.25) is 5.02 Å². The van der Waals surface area contributed by atoms with Crippen LogP contribution >= 0.6 is 11.6 Å². The normalized spacial score (nSPS) is 22.0. The molecule has 0 radical (unpaired) electrons. The Morgan fingerprint density at radius 3 is 2.44 bits per heavy atom. The molecule has 0 amide bonds. The van der Waals surface area contributed by atoms with Crippen molar-refractivity contribution >= 4 is 22.6 Å². The number of alkyl halides is 3. The van der Waals surface area contributed by atoms with Gasteiger partial charge in [0.05, 0.1) is 10.6 Å². The minimum absolute atomic E-state index is 0.0303. The van der Waals surface area contributed by atoms with Crippen molar-refractivity contribution in [2.45, 2.75) is 31.2 Å². The van der Waals surface area contributed by atoms with Crippen molar-refractivity contribution in [2.24, 2.45) is 0 Å². The maximum Gasteiger partial charge on any atom is 0.416 e. The van der Waals surface area contributed by atoms with Gasteiger partial charge in [0.2, 0.25) is 0 Å². The molecule has 170 valence electrons. The summed E-state index contributed by atoms with van der Waals surface area (Å²) in [6.07, 6.45) is -4.18. The number of likely N-dealkylation sites (tertiary alicyclic amines) is 1. The third-order valence-electron chi connectivity index (χ3n) is 6.09. The molecule has 0 aliphatic carbocycles. The van der Waals surface area contributed by atoms with Crippen molar-refractivity contribution in [3.63, 3.8) is 0 Å². The zero-order valence-corrected chi connectivity index (χ0v) is 17.8. The number of aromatic hydroxyl groups is 2. The molecule has 2 atom stereocenters. The van der Waals surface area contributed by atoms with Crippen LogP contribution in [0.25, 0.3) is 22.3 Å². The molecule has 0 saturated carbocycles. The van der Waals surface area contributed by atoms with E-state index in [1.807, 2.05) is 0 Å². The van der Waals surface area contributed by atoms with Crippen LogP contribution in [0.5, 0.6) is 11.5 Å². The van der Waals surface area contributed by atoms with Gasteiger partial charge in [0.15, 0.2) is 5.43 Å². The molecule has 1 aliphatic heterocycles. The Kier molecular flexibility index (Phi) is 5.19. The Balaban J connectivity index is 1.99. The van der Waals surface area contributed by atoms with Gasteiger partial charge in [-0.3, -0.25) is 9.69 Å². The summed E-state index contributed by atoms with van der Waals surface area (Å²) in [5, 5.41) is 31.3. The zero-order chi connectivity index (χ0) is 23.6. The molecule has 2 heterocycles. The number of benzene rings is 2. The van der Waals surface area contributed by atoms with E-state index in [0.717, 1.165) is 30.3 Å². The van der Waals surface area contributed by atoms with E-state index in [1.54, 1.807) is 18.9 Å². The van der Waals surface area contributed by atoms with Gasteiger partial charge in [-0.25, -0.2) is 0 Å². The van der Waals surface area contributed by atoms with Gasteiger partial charge >= 0.3 is 6.18 Å². The first kappa shape index (κ1) is 22.4. The average Bonchev–Trinajstić information content (AvgIpc) is 2.93. The molecule has 4 rings (SSSR count). The summed E-state index contributed by atoms with van der Waals surface area (Å²) in [6.45, 7) is 2.05. The predicted molar refractivity (Wildman–Crippen MR) is 112 cm³/mol. The van der Waals surface area contributed by atoms with E-state index in [0.29, 0.717) is 13.0 Å². The summed E-state index contributed by atoms with van der Waals surface area (Å²) in [4.78, 5) is 14.5. The molecule has 0 bridgehead atoms. The molecule has 1 saturated heterocycles. The molecule has 1 aliphatic rings. The summed E-state index contributed by atoms with van der Waals surface area (Å²) in [7, 11) is 1.70. The fraction of sp³-hybridized carbons (Fsp3) is 0.318.